The Morgan fingerprint density at radius 1 is 0.699 bits per heavy atom. The molecule has 6 atom stereocenters. The van der Waals surface area contributed by atoms with E-state index in [2.05, 4.69) is 35.7 Å². The second kappa shape index (κ2) is 54.2. The summed E-state index contributed by atoms with van der Waals surface area (Å²) < 4.78 is 22.6. The lowest BCUT2D eigenvalue weighted by Crippen LogP contribution is -2.29. The topological polar surface area (TPSA) is 368 Å². The van der Waals surface area contributed by atoms with Crippen LogP contribution in [0.4, 0.5) is 0 Å². The summed E-state index contributed by atoms with van der Waals surface area (Å²) in [6.07, 6.45) is 4.89. The van der Waals surface area contributed by atoms with Gasteiger partial charge in [0.15, 0.2) is 0 Å². The predicted octanol–water partition coefficient (Wildman–Crippen LogP) is 8.24. The molecular weight excluding hydrogens is 1180 g/mol. The standard InChI is InChI=1S/C12H23NO3.C8H14ClNO2.C8H15NO3.C6H8N2.C6H10O4.C6H8O3.C4H6O3.C4H10O.Cl2OS/c1-9(7-8-10(14)13(5)6)11(15)16-12(2,3)4;1-6(8(9)12)4-5-7(11)10(2)3;1-6(8(11)12)4-5-7(10)9(2)3;1-6(8-2)4-3-5-7;1-4(6(9)10)2-3-5(7)8;1-4-2-3-5(7)9-6(4)8;1-3(5)7-4(2)6;1-4(2,3)5;1-4(2)3/h9H,7-8H2,1-6H3;6H,4-5H2,1-3H3;6H,4-5H2,1-3H3,(H,11,12);6H,3-4H2,1H3;4H,2-3H2,1H3,(H,7,8)(H,9,10);4H,2-3H2,1H3;1-2H3;5H,1-3H3;. The van der Waals surface area contributed by atoms with E-state index >= 15 is 0 Å². The number of nitriles is 1. The number of halogens is 3. The number of ether oxygens (including phenoxy) is 3. The highest BCUT2D eigenvalue weighted by molar-refractivity contribution is 8.26. The largest absolute Gasteiger partial charge is 0.481 e. The Kier molecular flexibility index (Phi) is 61.1. The van der Waals surface area contributed by atoms with Crippen LogP contribution in [-0.4, -0.2) is 170 Å². The summed E-state index contributed by atoms with van der Waals surface area (Å²) in [4.78, 5) is 134. The maximum atomic E-state index is 11.6. The minimum Gasteiger partial charge on any atom is -0.481 e. The summed E-state index contributed by atoms with van der Waals surface area (Å²) in [5, 5.41) is 41.2. The number of hydrogen-bond donors (Lipinski definition) is 4. The quantitative estimate of drug-likeness (QED) is 0.0330. The molecule has 0 aromatic heterocycles. The van der Waals surface area contributed by atoms with Gasteiger partial charge in [-0.25, -0.2) is 10.8 Å². The first-order chi connectivity index (χ1) is 37.4. The van der Waals surface area contributed by atoms with Crippen LogP contribution < -0.4 is 0 Å². The fourth-order valence-electron chi connectivity index (χ4n) is 4.17. The molecule has 1 aliphatic heterocycles. The van der Waals surface area contributed by atoms with Crippen molar-refractivity contribution in [3.63, 3.8) is 0 Å². The summed E-state index contributed by atoms with van der Waals surface area (Å²) in [7, 11) is 17.5. The van der Waals surface area contributed by atoms with Gasteiger partial charge in [-0.1, -0.05) is 34.6 Å². The van der Waals surface area contributed by atoms with Gasteiger partial charge in [0.2, 0.25) is 38.2 Å². The van der Waals surface area contributed by atoms with Gasteiger partial charge in [0.05, 0.1) is 35.3 Å². The minimum absolute atomic E-state index is 0.0228. The van der Waals surface area contributed by atoms with Gasteiger partial charge in [0, 0.05) is 135 Å². The number of carbonyl (C=O) groups is 12. The Bertz CT molecular complexity index is 2020. The average molecular weight is 1270 g/mol. The summed E-state index contributed by atoms with van der Waals surface area (Å²) in [5.41, 5.74) is -0.961. The van der Waals surface area contributed by atoms with Gasteiger partial charge in [0.1, 0.15) is 5.60 Å². The molecule has 29 heteroatoms. The molecule has 83 heavy (non-hydrogen) atoms. The average Bonchev–Trinajstić information content (AvgIpc) is 3.32. The van der Waals surface area contributed by atoms with Gasteiger partial charge < -0.3 is 54.2 Å². The second-order valence-corrected chi connectivity index (χ2v) is 23.8. The lowest BCUT2D eigenvalue weighted by Gasteiger charge is -2.22. The number of carbonyl (C=O) groups excluding carboxylic acids is 9. The molecule has 1 fully saturated rings. The predicted molar refractivity (Wildman–Crippen MR) is 314 cm³/mol. The van der Waals surface area contributed by atoms with Crippen LogP contribution in [0.15, 0.2) is 0 Å². The Labute approximate surface area is 507 Å². The van der Waals surface area contributed by atoms with Gasteiger partial charge in [-0.3, -0.25) is 57.5 Å². The van der Waals surface area contributed by atoms with E-state index in [-0.39, 0.29) is 71.5 Å². The van der Waals surface area contributed by atoms with E-state index in [1.54, 1.807) is 90.8 Å². The Morgan fingerprint density at radius 2 is 1.02 bits per heavy atom. The number of amides is 3. The molecular formula is C54H94Cl3N5O20S. The van der Waals surface area contributed by atoms with E-state index in [0.29, 0.717) is 64.2 Å². The first-order valence-corrected chi connectivity index (χ1v) is 29.0. The molecule has 0 aromatic carbocycles. The number of aliphatic carboxylic acids is 3. The van der Waals surface area contributed by atoms with Crippen LogP contribution in [-0.2, 0) is 81.0 Å². The van der Waals surface area contributed by atoms with Gasteiger partial charge >= 0.3 is 47.8 Å². The molecule has 0 radical (unpaired) electrons. The molecule has 0 aromatic rings. The molecule has 0 bridgehead atoms. The monoisotopic (exact) mass is 1270 g/mol. The van der Waals surface area contributed by atoms with Crippen molar-refractivity contribution >= 4 is 113 Å². The van der Waals surface area contributed by atoms with E-state index in [4.69, 9.17) is 52.8 Å². The Balaban J connectivity index is -0.000000130. The van der Waals surface area contributed by atoms with Gasteiger partial charge in [-0.2, -0.15) is 5.26 Å². The number of rotatable bonds is 18. The Morgan fingerprint density at radius 3 is 1.25 bits per heavy atom. The van der Waals surface area contributed by atoms with Crippen molar-refractivity contribution in [2.24, 2.45) is 29.6 Å². The van der Waals surface area contributed by atoms with E-state index in [1.807, 2.05) is 33.8 Å². The van der Waals surface area contributed by atoms with Crippen LogP contribution in [0, 0.1) is 47.5 Å². The normalized spacial score (nSPS) is 13.5. The minimum atomic E-state index is -1.67. The molecule has 0 aliphatic carbocycles. The van der Waals surface area contributed by atoms with Crippen LogP contribution in [0.5, 0.6) is 0 Å². The van der Waals surface area contributed by atoms with Crippen molar-refractivity contribution in [2.75, 3.05) is 42.3 Å². The zero-order valence-corrected chi connectivity index (χ0v) is 55.1. The van der Waals surface area contributed by atoms with Crippen LogP contribution in [0.2, 0.25) is 0 Å². The molecule has 0 saturated carbocycles. The number of esters is 5. The van der Waals surface area contributed by atoms with E-state index in [9.17, 15) is 57.5 Å². The van der Waals surface area contributed by atoms with Crippen molar-refractivity contribution in [2.45, 2.75) is 191 Å². The van der Waals surface area contributed by atoms with Crippen LogP contribution in [0.25, 0.3) is 4.85 Å². The number of nitrogens with zero attached hydrogens (tertiary/aromatic N) is 5. The first-order valence-electron chi connectivity index (χ1n) is 25.8. The van der Waals surface area contributed by atoms with E-state index in [1.165, 1.54) is 35.5 Å². The van der Waals surface area contributed by atoms with Gasteiger partial charge in [-0.15, -0.1) is 0 Å². The molecule has 1 aliphatic rings. The fraction of sp³-hybridized carbons (Fsp3) is 0.741. The van der Waals surface area contributed by atoms with E-state index in [0.717, 1.165) is 0 Å². The van der Waals surface area contributed by atoms with Crippen LogP contribution in [0.3, 0.4) is 0 Å². The number of carboxylic acids is 3. The molecule has 1 saturated heterocycles. The van der Waals surface area contributed by atoms with Crippen LogP contribution in [0.1, 0.15) is 174 Å². The lowest BCUT2D eigenvalue weighted by atomic mass is 10.0. The SMILES string of the molecule is CC(=O)OC(C)=O.CC(C)(C)O.CC(CCC(=O)N(C)C)C(=O)Cl.CC(CCC(=O)N(C)C)C(=O)O.CC(CCC(=O)N(C)C)C(=O)OC(C)(C)C.CC(CCC(=O)O)C(=O)O.CC1CCC(=O)OC1=O.O=S(Cl)Cl.[C-]#[N+]C(C)CCC#N. The molecule has 1 rings (SSSR count). The molecule has 0 spiro atoms. The number of hydrogen-bond acceptors (Lipinski definition) is 18. The number of cyclic esters (lactones) is 2. The highest BCUT2D eigenvalue weighted by Gasteiger charge is 2.25. The maximum absolute atomic E-state index is 11.6. The lowest BCUT2D eigenvalue weighted by molar-refractivity contribution is -0.167. The number of carboxylic acid groups (broad SMARTS) is 3. The van der Waals surface area contributed by atoms with Crippen molar-refractivity contribution in [1.82, 2.24) is 14.7 Å². The third kappa shape index (κ3) is 85.1. The second-order valence-electron chi connectivity index (χ2n) is 20.9. The highest BCUT2D eigenvalue weighted by Crippen LogP contribution is 2.16. The van der Waals surface area contributed by atoms with Crippen molar-refractivity contribution in [3.8, 4) is 6.07 Å². The van der Waals surface area contributed by atoms with Crippen molar-refractivity contribution in [3.05, 3.63) is 11.4 Å². The van der Waals surface area contributed by atoms with Gasteiger partial charge in [0.25, 0.3) is 0 Å². The fourth-order valence-corrected chi connectivity index (χ4v) is 4.28. The summed E-state index contributed by atoms with van der Waals surface area (Å²) in [6.45, 7) is 29.8. The zero-order chi connectivity index (χ0) is 67.7. The summed E-state index contributed by atoms with van der Waals surface area (Å²) in [5.74, 6) is -6.39. The molecule has 482 valence electrons. The van der Waals surface area contributed by atoms with Gasteiger partial charge in [-0.05, 0) is 85.2 Å². The first kappa shape index (κ1) is 93.6. The zero-order valence-electron chi connectivity index (χ0n) is 52.0. The van der Waals surface area contributed by atoms with Crippen molar-refractivity contribution < 1.29 is 96.4 Å². The third-order valence-corrected chi connectivity index (χ3v) is 9.65. The highest BCUT2D eigenvalue weighted by atomic mass is 36.0. The summed E-state index contributed by atoms with van der Waals surface area (Å²) in [6, 6.07) is 2.01. The maximum Gasteiger partial charge on any atom is 0.316 e. The summed E-state index contributed by atoms with van der Waals surface area (Å²) >= 11 is 5.23. The Hall–Kier alpha value is -5.80. The molecule has 4 N–H and O–H groups in total. The molecule has 1 heterocycles. The smallest absolute Gasteiger partial charge is 0.316 e. The third-order valence-electron chi connectivity index (χ3n) is 9.28. The van der Waals surface area contributed by atoms with Crippen LogP contribution >= 0.6 is 33.0 Å². The molecule has 25 nitrogen and oxygen atoms in total. The van der Waals surface area contributed by atoms with E-state index < -0.39 is 68.1 Å². The van der Waals surface area contributed by atoms with Crippen molar-refractivity contribution in [1.29, 1.82) is 5.26 Å². The molecule has 3 amide bonds. The number of aliphatic hydroxyl groups is 1. The molecule has 6 unspecified atom stereocenters.